The Morgan fingerprint density at radius 1 is 1.05 bits per heavy atom. The minimum absolute atomic E-state index is 0.0630. The topological polar surface area (TPSA) is 87.1 Å². The second-order valence-electron chi connectivity index (χ2n) is 12.0. The van der Waals surface area contributed by atoms with Gasteiger partial charge in [0.1, 0.15) is 16.5 Å². The largest absolute Gasteiger partial charge is 0.478 e. The Bertz CT molecular complexity index is 1640. The smallest absolute Gasteiger partial charge is 0.338 e. The van der Waals surface area contributed by atoms with Crippen LogP contribution in [0.5, 0.6) is 11.5 Å². The average Bonchev–Trinajstić information content (AvgIpc) is 2.92. The number of rotatable bonds is 7. The van der Waals surface area contributed by atoms with Crippen molar-refractivity contribution in [2.45, 2.75) is 56.0 Å². The van der Waals surface area contributed by atoms with Gasteiger partial charge in [0.25, 0.3) is 0 Å². The second kappa shape index (κ2) is 9.80. The number of para-hydroxylation sites is 1. The molecule has 2 bridgehead atoms. The number of halogens is 2. The number of benzene rings is 3. The highest BCUT2D eigenvalue weighted by molar-refractivity contribution is 7.89. The van der Waals surface area contributed by atoms with Gasteiger partial charge in [-0.2, -0.15) is 4.31 Å². The van der Waals surface area contributed by atoms with Crippen LogP contribution in [0.15, 0.2) is 59.5 Å². The number of sulfonamides is 1. The highest BCUT2D eigenvalue weighted by Crippen LogP contribution is 2.62. The predicted molar refractivity (Wildman–Crippen MR) is 151 cm³/mol. The van der Waals surface area contributed by atoms with E-state index in [4.69, 9.17) is 4.74 Å². The molecule has 3 aromatic carbocycles. The summed E-state index contributed by atoms with van der Waals surface area (Å²) in [6.45, 7) is 4.64. The molecule has 10 heteroatoms. The zero-order valence-corrected chi connectivity index (χ0v) is 23.9. The number of hydrogen-bond donors (Lipinski definition) is 1. The summed E-state index contributed by atoms with van der Waals surface area (Å²) in [5.41, 5.74) is 0.221. The van der Waals surface area contributed by atoms with E-state index in [1.54, 1.807) is 19.2 Å². The summed E-state index contributed by atoms with van der Waals surface area (Å²) < 4.78 is 65.0. The number of aromatic carboxylic acids is 1. The van der Waals surface area contributed by atoms with Crippen molar-refractivity contribution in [3.63, 3.8) is 0 Å². The standard InChI is InChI=1S/C31H32F2N2O5S/c1-18(2)10-21-17-35(31-14-19(15-31)16-31)26-13-28(40-27-7-5-4-6-25(27)33)22(12-29(26)41(38,39)34(21)3)20-8-9-24(32)23(11-20)30(36)37/h4-9,11-13,18-19,21H,10,14-17H2,1-3H3,(H,36,37)/t19?,21-,31?/m1/s1. The molecule has 0 amide bonds. The zero-order valence-electron chi connectivity index (χ0n) is 23.1. The fourth-order valence-electron chi connectivity index (χ4n) is 6.53. The van der Waals surface area contributed by atoms with E-state index in [1.807, 2.05) is 0 Å². The van der Waals surface area contributed by atoms with Crippen LogP contribution in [0.1, 0.15) is 49.9 Å². The molecule has 3 aliphatic carbocycles. The molecule has 7 nitrogen and oxygen atoms in total. The van der Waals surface area contributed by atoms with E-state index in [0.29, 0.717) is 24.6 Å². The molecule has 3 aromatic rings. The molecule has 0 spiro atoms. The third-order valence-electron chi connectivity index (χ3n) is 8.80. The maximum absolute atomic E-state index is 14.8. The van der Waals surface area contributed by atoms with Crippen LogP contribution in [0.25, 0.3) is 11.1 Å². The van der Waals surface area contributed by atoms with Crippen LogP contribution in [0.2, 0.25) is 0 Å². The lowest BCUT2D eigenvalue weighted by atomic mass is 9.49. The van der Waals surface area contributed by atoms with E-state index in [9.17, 15) is 27.1 Å². The minimum atomic E-state index is -4.00. The second-order valence-corrected chi connectivity index (χ2v) is 13.9. The number of hydrogen-bond acceptors (Lipinski definition) is 5. The first-order valence-corrected chi connectivity index (χ1v) is 15.2. The van der Waals surface area contributed by atoms with Gasteiger partial charge in [0.2, 0.25) is 10.0 Å². The summed E-state index contributed by atoms with van der Waals surface area (Å²) in [6, 6.07) is 12.2. The molecule has 0 unspecified atom stereocenters. The van der Waals surface area contributed by atoms with E-state index in [1.165, 1.54) is 34.6 Å². The summed E-state index contributed by atoms with van der Waals surface area (Å²) in [5.74, 6) is -2.02. The molecule has 41 heavy (non-hydrogen) atoms. The van der Waals surface area contributed by atoms with Crippen molar-refractivity contribution < 1.29 is 31.8 Å². The van der Waals surface area contributed by atoms with Gasteiger partial charge in [-0.1, -0.05) is 32.0 Å². The molecule has 0 saturated heterocycles. The van der Waals surface area contributed by atoms with Crippen molar-refractivity contribution in [1.29, 1.82) is 0 Å². The number of nitrogens with zero attached hydrogens (tertiary/aromatic N) is 2. The summed E-state index contributed by atoms with van der Waals surface area (Å²) in [4.78, 5) is 14.0. The van der Waals surface area contributed by atoms with Crippen LogP contribution in [-0.4, -0.2) is 49.0 Å². The maximum Gasteiger partial charge on any atom is 0.338 e. The predicted octanol–water partition coefficient (Wildman–Crippen LogP) is 6.53. The lowest BCUT2D eigenvalue weighted by Crippen LogP contribution is -2.69. The Morgan fingerprint density at radius 3 is 2.37 bits per heavy atom. The lowest BCUT2D eigenvalue weighted by Gasteiger charge is -2.67. The Kier molecular flexibility index (Phi) is 6.61. The van der Waals surface area contributed by atoms with Crippen molar-refractivity contribution >= 4 is 21.7 Å². The fraction of sp³-hybridized carbons (Fsp3) is 0.387. The first-order valence-electron chi connectivity index (χ1n) is 13.8. The summed E-state index contributed by atoms with van der Waals surface area (Å²) >= 11 is 0. The quantitative estimate of drug-likeness (QED) is 0.341. The Morgan fingerprint density at radius 2 is 1.76 bits per heavy atom. The van der Waals surface area contributed by atoms with Gasteiger partial charge in [-0.05, 0) is 73.4 Å². The van der Waals surface area contributed by atoms with Gasteiger partial charge >= 0.3 is 5.97 Å². The van der Waals surface area contributed by atoms with Crippen LogP contribution in [0.4, 0.5) is 14.5 Å². The molecule has 1 atom stereocenters. The lowest BCUT2D eigenvalue weighted by molar-refractivity contribution is -0.0272. The Labute approximate surface area is 238 Å². The Balaban J connectivity index is 1.60. The van der Waals surface area contributed by atoms with Gasteiger partial charge < -0.3 is 14.7 Å². The maximum atomic E-state index is 14.8. The number of carboxylic acids is 1. The normalized spacial score (nSPS) is 24.7. The third-order valence-corrected chi connectivity index (χ3v) is 10.7. The number of carbonyl (C=O) groups is 1. The van der Waals surface area contributed by atoms with Crippen molar-refractivity contribution in [3.8, 4) is 22.6 Å². The van der Waals surface area contributed by atoms with Crippen LogP contribution in [0, 0.1) is 23.5 Å². The minimum Gasteiger partial charge on any atom is -0.478 e. The van der Waals surface area contributed by atoms with E-state index >= 15 is 0 Å². The summed E-state index contributed by atoms with van der Waals surface area (Å²) in [6.07, 6.45) is 3.62. The number of fused-ring (bicyclic) bond motifs is 1. The molecular formula is C31H32F2N2O5S. The van der Waals surface area contributed by atoms with E-state index < -0.39 is 33.2 Å². The molecule has 0 aromatic heterocycles. The van der Waals surface area contributed by atoms with Crippen molar-refractivity contribution in [1.82, 2.24) is 4.31 Å². The van der Waals surface area contributed by atoms with Crippen molar-refractivity contribution in [2.24, 2.45) is 11.8 Å². The van der Waals surface area contributed by atoms with E-state index in [2.05, 4.69) is 18.7 Å². The molecule has 1 N–H and O–H groups in total. The molecule has 1 heterocycles. The fourth-order valence-corrected chi connectivity index (χ4v) is 8.09. The van der Waals surface area contributed by atoms with Gasteiger partial charge in [0.05, 0.1) is 11.3 Å². The first kappa shape index (κ1) is 27.7. The molecule has 0 radical (unpaired) electrons. The monoisotopic (exact) mass is 582 g/mol. The third kappa shape index (κ3) is 4.57. The van der Waals surface area contributed by atoms with Crippen LogP contribution < -0.4 is 9.64 Å². The zero-order chi connectivity index (χ0) is 29.3. The molecular weight excluding hydrogens is 550 g/mol. The summed E-state index contributed by atoms with van der Waals surface area (Å²) in [5, 5.41) is 9.56. The van der Waals surface area contributed by atoms with Crippen LogP contribution in [0.3, 0.4) is 0 Å². The number of ether oxygens (including phenoxy) is 1. The number of anilines is 1. The molecule has 3 fully saturated rings. The molecule has 7 rings (SSSR count). The van der Waals surface area contributed by atoms with Crippen LogP contribution in [-0.2, 0) is 10.0 Å². The van der Waals surface area contributed by atoms with Crippen LogP contribution >= 0.6 is 0 Å². The number of carboxylic acid groups (broad SMARTS) is 1. The number of likely N-dealkylation sites (N-methyl/N-ethyl adjacent to an activating group) is 1. The highest BCUT2D eigenvalue weighted by Gasteiger charge is 2.61. The molecule has 3 saturated carbocycles. The van der Waals surface area contributed by atoms with Crippen molar-refractivity contribution in [3.05, 3.63) is 71.8 Å². The molecule has 216 valence electrons. The van der Waals surface area contributed by atoms with Gasteiger partial charge in [-0.15, -0.1) is 0 Å². The first-order chi connectivity index (χ1) is 19.4. The molecule has 4 aliphatic rings. The highest BCUT2D eigenvalue weighted by atomic mass is 32.2. The molecule has 1 aliphatic heterocycles. The van der Waals surface area contributed by atoms with Gasteiger partial charge in [0.15, 0.2) is 11.6 Å². The average molecular weight is 583 g/mol. The van der Waals surface area contributed by atoms with Gasteiger partial charge in [-0.3, -0.25) is 0 Å². The van der Waals surface area contributed by atoms with Gasteiger partial charge in [-0.25, -0.2) is 22.0 Å². The van der Waals surface area contributed by atoms with Crippen molar-refractivity contribution in [2.75, 3.05) is 18.5 Å². The summed E-state index contributed by atoms with van der Waals surface area (Å²) in [7, 11) is -2.40. The van der Waals surface area contributed by atoms with E-state index in [-0.39, 0.29) is 45.0 Å². The SMILES string of the molecule is CC(C)C[C@@H]1CN(C23CC(C2)C3)c2cc(Oc3ccccc3F)c(-c3ccc(F)c(C(=O)O)c3)cc2S(=O)(=O)N1C. The Hall–Kier alpha value is -3.50. The van der Waals surface area contributed by atoms with E-state index in [0.717, 1.165) is 31.4 Å². The van der Waals surface area contributed by atoms with Gasteiger partial charge in [0, 0.05) is 36.8 Å².